The highest BCUT2D eigenvalue weighted by molar-refractivity contribution is 5.51. The third kappa shape index (κ3) is 7.56. The number of hydroxylamine groups is 3. The molecule has 4 nitrogen and oxygen atoms in total. The lowest BCUT2D eigenvalue weighted by Gasteiger charge is -2.52. The molecular formula is C22H44N2O2. The molecule has 1 heterocycles. The average Bonchev–Trinajstić information content (AvgIpc) is 2.54. The quantitative estimate of drug-likeness (QED) is 0.138. The summed E-state index contributed by atoms with van der Waals surface area (Å²) in [6.07, 6.45) is 16.4. The summed E-state index contributed by atoms with van der Waals surface area (Å²) < 4.78 is 1.24. The molecule has 0 amide bonds. The van der Waals surface area contributed by atoms with E-state index in [-0.39, 0.29) is 17.1 Å². The molecule has 0 N–H and O–H groups in total. The second-order valence-electron chi connectivity index (χ2n) is 9.32. The molecule has 1 aliphatic heterocycles. The fourth-order valence-electron chi connectivity index (χ4n) is 4.71. The molecule has 0 atom stereocenters. The molecule has 154 valence electrons. The van der Waals surface area contributed by atoms with E-state index >= 15 is 0 Å². The van der Waals surface area contributed by atoms with Gasteiger partial charge in [0.05, 0.1) is 7.11 Å². The molecule has 0 unspecified atom stereocenters. The van der Waals surface area contributed by atoms with Gasteiger partial charge in [-0.25, -0.2) is 4.74 Å². The van der Waals surface area contributed by atoms with Crippen LogP contribution in [0, 0.1) is 5.21 Å². The zero-order valence-corrected chi connectivity index (χ0v) is 18.4. The van der Waals surface area contributed by atoms with E-state index < -0.39 is 0 Å². The second kappa shape index (κ2) is 11.3. The van der Waals surface area contributed by atoms with Gasteiger partial charge in [-0.05, 0) is 34.1 Å². The van der Waals surface area contributed by atoms with Gasteiger partial charge < -0.3 is 10.0 Å². The first-order valence-electron chi connectivity index (χ1n) is 10.9. The molecule has 1 rings (SSSR count). The van der Waals surface area contributed by atoms with Crippen molar-refractivity contribution in [3.05, 3.63) is 5.21 Å². The van der Waals surface area contributed by atoms with Crippen LogP contribution in [0.5, 0.6) is 0 Å². The van der Waals surface area contributed by atoms with Crippen molar-refractivity contribution in [2.45, 2.75) is 129 Å². The SMILES string of the molecule is CCCCCCCCCCCC=[N+]([O-])C1CC(C)(C)N(OC)C(C)(C)C1. The minimum atomic E-state index is -0.130. The van der Waals surface area contributed by atoms with Crippen LogP contribution in [-0.4, -0.2) is 40.2 Å². The van der Waals surface area contributed by atoms with Gasteiger partial charge in [-0.2, -0.15) is 5.06 Å². The van der Waals surface area contributed by atoms with Gasteiger partial charge in [-0.15, -0.1) is 0 Å². The highest BCUT2D eigenvalue weighted by Crippen LogP contribution is 2.39. The van der Waals surface area contributed by atoms with Gasteiger partial charge in [0.1, 0.15) is 0 Å². The van der Waals surface area contributed by atoms with Gasteiger partial charge in [0.25, 0.3) is 0 Å². The molecule has 0 aromatic rings. The predicted molar refractivity (Wildman–Crippen MR) is 112 cm³/mol. The van der Waals surface area contributed by atoms with Gasteiger partial charge in [0.2, 0.25) is 0 Å². The Morgan fingerprint density at radius 1 is 0.923 bits per heavy atom. The Kier molecular flexibility index (Phi) is 10.2. The highest BCUT2D eigenvalue weighted by Gasteiger charge is 2.48. The van der Waals surface area contributed by atoms with E-state index in [1.165, 1.54) is 56.1 Å². The number of hydrogen-bond acceptors (Lipinski definition) is 3. The number of nitrogens with zero attached hydrogens (tertiary/aromatic N) is 2. The monoisotopic (exact) mass is 368 g/mol. The van der Waals surface area contributed by atoms with E-state index in [0.29, 0.717) is 0 Å². The molecule has 0 aliphatic carbocycles. The van der Waals surface area contributed by atoms with Gasteiger partial charge in [0.15, 0.2) is 12.3 Å². The first-order valence-corrected chi connectivity index (χ1v) is 10.9. The van der Waals surface area contributed by atoms with Crippen molar-refractivity contribution in [3.63, 3.8) is 0 Å². The average molecular weight is 369 g/mol. The van der Waals surface area contributed by atoms with Gasteiger partial charge in [0, 0.05) is 30.3 Å². The maximum absolute atomic E-state index is 12.6. The van der Waals surface area contributed by atoms with Crippen LogP contribution in [0.2, 0.25) is 0 Å². The topological polar surface area (TPSA) is 38.5 Å². The van der Waals surface area contributed by atoms with Crippen molar-refractivity contribution in [2.24, 2.45) is 0 Å². The summed E-state index contributed by atoms with van der Waals surface area (Å²) in [4.78, 5) is 5.62. The van der Waals surface area contributed by atoms with Crippen molar-refractivity contribution in [1.29, 1.82) is 0 Å². The summed E-state index contributed by atoms with van der Waals surface area (Å²) in [6, 6.07) is 0.0463. The first-order chi connectivity index (χ1) is 12.2. The minimum absolute atomic E-state index is 0.0463. The van der Waals surface area contributed by atoms with E-state index in [9.17, 15) is 5.21 Å². The van der Waals surface area contributed by atoms with Crippen LogP contribution in [-0.2, 0) is 4.84 Å². The Labute approximate surface area is 162 Å². The summed E-state index contributed by atoms with van der Waals surface area (Å²) >= 11 is 0. The molecular weight excluding hydrogens is 324 g/mol. The Hall–Kier alpha value is -0.610. The lowest BCUT2D eigenvalue weighted by molar-refractivity contribution is -0.516. The Morgan fingerprint density at radius 2 is 1.38 bits per heavy atom. The number of unbranched alkanes of at least 4 members (excludes halogenated alkanes) is 9. The minimum Gasteiger partial charge on any atom is -0.624 e. The maximum Gasteiger partial charge on any atom is 0.166 e. The van der Waals surface area contributed by atoms with Crippen molar-refractivity contribution in [2.75, 3.05) is 7.11 Å². The largest absolute Gasteiger partial charge is 0.624 e. The molecule has 1 saturated heterocycles. The third-order valence-corrected chi connectivity index (χ3v) is 5.73. The molecule has 26 heavy (non-hydrogen) atoms. The van der Waals surface area contributed by atoms with Crippen molar-refractivity contribution in [1.82, 2.24) is 5.06 Å². The van der Waals surface area contributed by atoms with Crippen LogP contribution in [0.4, 0.5) is 0 Å². The normalized spacial score (nSPS) is 21.2. The fraction of sp³-hybridized carbons (Fsp3) is 0.955. The van der Waals surface area contributed by atoms with Crippen LogP contribution >= 0.6 is 0 Å². The Morgan fingerprint density at radius 3 is 1.85 bits per heavy atom. The van der Waals surface area contributed by atoms with Crippen LogP contribution in [0.15, 0.2) is 0 Å². The molecule has 1 fully saturated rings. The van der Waals surface area contributed by atoms with E-state index in [1.54, 1.807) is 7.11 Å². The van der Waals surface area contributed by atoms with E-state index in [0.717, 1.165) is 25.7 Å². The molecule has 0 aromatic carbocycles. The lowest BCUT2D eigenvalue weighted by atomic mass is 9.79. The zero-order chi connectivity index (χ0) is 19.6. The first kappa shape index (κ1) is 23.4. The summed E-state index contributed by atoms with van der Waals surface area (Å²) in [6.45, 7) is 10.9. The number of hydrogen-bond donors (Lipinski definition) is 0. The summed E-state index contributed by atoms with van der Waals surface area (Å²) in [5, 5.41) is 14.7. The predicted octanol–water partition coefficient (Wildman–Crippen LogP) is 6.07. The van der Waals surface area contributed by atoms with Gasteiger partial charge in [-0.3, -0.25) is 0 Å². The smallest absolute Gasteiger partial charge is 0.166 e. The summed E-state index contributed by atoms with van der Waals surface area (Å²) in [5.41, 5.74) is -0.259. The zero-order valence-electron chi connectivity index (χ0n) is 18.4. The molecule has 4 heteroatoms. The van der Waals surface area contributed by atoms with Crippen LogP contribution < -0.4 is 0 Å². The third-order valence-electron chi connectivity index (χ3n) is 5.73. The molecule has 0 radical (unpaired) electrons. The van der Waals surface area contributed by atoms with Crippen molar-refractivity contribution >= 4 is 6.21 Å². The van der Waals surface area contributed by atoms with Crippen LogP contribution in [0.25, 0.3) is 0 Å². The van der Waals surface area contributed by atoms with Crippen LogP contribution in [0.1, 0.15) is 112 Å². The van der Waals surface area contributed by atoms with Crippen LogP contribution in [0.3, 0.4) is 0 Å². The molecule has 0 saturated carbocycles. The Bertz CT molecular complexity index is 400. The fourth-order valence-corrected chi connectivity index (χ4v) is 4.71. The lowest BCUT2D eigenvalue weighted by Crippen LogP contribution is -2.62. The summed E-state index contributed by atoms with van der Waals surface area (Å²) in [5.74, 6) is 0. The molecule has 1 aliphatic rings. The van der Waals surface area contributed by atoms with E-state index in [4.69, 9.17) is 4.84 Å². The van der Waals surface area contributed by atoms with Crippen molar-refractivity contribution < 1.29 is 9.58 Å². The maximum atomic E-state index is 12.6. The molecule has 0 spiro atoms. The standard InChI is InChI=1S/C22H44N2O2/c1-7-8-9-10-11-12-13-14-15-16-17-23(25)20-18-21(2,3)24(26-6)22(4,5)19-20/h17,20H,7-16,18-19H2,1-6H3. The van der Waals surface area contributed by atoms with Gasteiger partial charge in [-0.1, -0.05) is 58.3 Å². The molecule has 0 bridgehead atoms. The number of piperidine rings is 1. The van der Waals surface area contributed by atoms with Gasteiger partial charge >= 0.3 is 0 Å². The summed E-state index contributed by atoms with van der Waals surface area (Å²) in [7, 11) is 1.73. The Balaban J connectivity index is 2.30. The molecule has 0 aromatic heterocycles. The van der Waals surface area contributed by atoms with E-state index in [2.05, 4.69) is 39.7 Å². The highest BCUT2D eigenvalue weighted by atomic mass is 16.7. The second-order valence-corrected chi connectivity index (χ2v) is 9.32. The number of rotatable bonds is 12. The van der Waals surface area contributed by atoms with E-state index in [1.807, 2.05) is 6.21 Å². The van der Waals surface area contributed by atoms with Crippen molar-refractivity contribution in [3.8, 4) is 0 Å².